The van der Waals surface area contributed by atoms with Crippen LogP contribution in [0.25, 0.3) is 11.1 Å². The van der Waals surface area contributed by atoms with E-state index in [4.69, 9.17) is 16.0 Å². The zero-order valence-electron chi connectivity index (χ0n) is 12.9. The molecule has 0 bridgehead atoms. The standard InChI is InChI=1S/C16H17ClN4O2/c1-10(8-21-9-12(17)7-18-21)15(22)19-11(2)16-20-13-5-3-4-6-14(13)23-16/h3-7,9-11H,8H2,1-2H3,(H,19,22). The maximum Gasteiger partial charge on any atom is 0.225 e. The van der Waals surface area contributed by atoms with E-state index in [1.807, 2.05) is 38.1 Å². The minimum absolute atomic E-state index is 0.0913. The molecule has 0 fully saturated rings. The van der Waals surface area contributed by atoms with Gasteiger partial charge in [0.05, 0.1) is 23.7 Å². The molecule has 3 rings (SSSR count). The fraction of sp³-hybridized carbons (Fsp3) is 0.312. The number of hydrogen-bond acceptors (Lipinski definition) is 4. The van der Waals surface area contributed by atoms with Crippen LogP contribution >= 0.6 is 11.6 Å². The first-order chi connectivity index (χ1) is 11.0. The van der Waals surface area contributed by atoms with E-state index in [1.54, 1.807) is 17.1 Å². The minimum atomic E-state index is -0.307. The Bertz CT molecular complexity index is 793. The number of aromatic nitrogens is 3. The van der Waals surface area contributed by atoms with Crippen LogP contribution < -0.4 is 5.32 Å². The van der Waals surface area contributed by atoms with Gasteiger partial charge in [-0.1, -0.05) is 30.7 Å². The summed E-state index contributed by atoms with van der Waals surface area (Å²) in [7, 11) is 0. The number of benzene rings is 1. The van der Waals surface area contributed by atoms with Crippen molar-refractivity contribution in [1.29, 1.82) is 0 Å². The van der Waals surface area contributed by atoms with E-state index < -0.39 is 0 Å². The maximum atomic E-state index is 12.3. The molecular weight excluding hydrogens is 316 g/mol. The number of oxazole rings is 1. The number of carbonyl (C=O) groups is 1. The van der Waals surface area contributed by atoms with Gasteiger partial charge in [-0.25, -0.2) is 4.98 Å². The van der Waals surface area contributed by atoms with Crippen molar-refractivity contribution in [1.82, 2.24) is 20.1 Å². The first kappa shape index (κ1) is 15.6. The second kappa shape index (κ2) is 6.42. The van der Waals surface area contributed by atoms with Gasteiger partial charge in [0.25, 0.3) is 0 Å². The van der Waals surface area contributed by atoms with Gasteiger partial charge in [-0.05, 0) is 19.1 Å². The Hall–Kier alpha value is -2.34. The number of amides is 1. The quantitative estimate of drug-likeness (QED) is 0.778. The Morgan fingerprint density at radius 3 is 2.87 bits per heavy atom. The minimum Gasteiger partial charge on any atom is -0.438 e. The Morgan fingerprint density at radius 1 is 1.39 bits per heavy atom. The van der Waals surface area contributed by atoms with Crippen LogP contribution in [-0.4, -0.2) is 20.7 Å². The van der Waals surface area contributed by atoms with Crippen molar-refractivity contribution >= 4 is 28.6 Å². The molecule has 0 radical (unpaired) electrons. The van der Waals surface area contributed by atoms with Gasteiger partial charge in [0.1, 0.15) is 11.6 Å². The van der Waals surface area contributed by atoms with E-state index in [9.17, 15) is 4.79 Å². The summed E-state index contributed by atoms with van der Waals surface area (Å²) in [5, 5.41) is 7.55. The van der Waals surface area contributed by atoms with Gasteiger partial charge in [-0.2, -0.15) is 5.10 Å². The average Bonchev–Trinajstić information content (AvgIpc) is 3.13. The predicted molar refractivity (Wildman–Crippen MR) is 87.0 cm³/mol. The summed E-state index contributed by atoms with van der Waals surface area (Å²) < 4.78 is 7.32. The van der Waals surface area contributed by atoms with Crippen molar-refractivity contribution in [2.75, 3.05) is 0 Å². The van der Waals surface area contributed by atoms with Crippen LogP contribution in [0.4, 0.5) is 0 Å². The SMILES string of the molecule is CC(Cn1cc(Cl)cn1)C(=O)NC(C)c1nc2ccccc2o1. The fourth-order valence-electron chi connectivity index (χ4n) is 2.29. The molecule has 0 aliphatic heterocycles. The Balaban J connectivity index is 1.64. The van der Waals surface area contributed by atoms with Crippen LogP contribution in [0.3, 0.4) is 0 Å². The number of rotatable bonds is 5. The summed E-state index contributed by atoms with van der Waals surface area (Å²) in [6.45, 7) is 4.14. The van der Waals surface area contributed by atoms with Gasteiger partial charge in [-0.3, -0.25) is 9.48 Å². The van der Waals surface area contributed by atoms with Crippen molar-refractivity contribution in [3.63, 3.8) is 0 Å². The van der Waals surface area contributed by atoms with Crippen LogP contribution in [0.2, 0.25) is 5.02 Å². The molecule has 2 unspecified atom stereocenters. The average molecular weight is 333 g/mol. The number of nitrogens with one attached hydrogen (secondary N) is 1. The molecule has 0 saturated carbocycles. The van der Waals surface area contributed by atoms with Gasteiger partial charge >= 0.3 is 0 Å². The first-order valence-corrected chi connectivity index (χ1v) is 7.74. The Labute approximate surface area is 138 Å². The van der Waals surface area contributed by atoms with E-state index in [1.165, 1.54) is 0 Å². The van der Waals surface area contributed by atoms with Crippen LogP contribution in [0.1, 0.15) is 25.8 Å². The van der Waals surface area contributed by atoms with E-state index in [0.717, 1.165) is 5.52 Å². The van der Waals surface area contributed by atoms with Crippen molar-refractivity contribution in [3.05, 3.63) is 47.6 Å². The van der Waals surface area contributed by atoms with E-state index >= 15 is 0 Å². The molecule has 1 N–H and O–H groups in total. The third-order valence-electron chi connectivity index (χ3n) is 3.55. The van der Waals surface area contributed by atoms with Gasteiger partial charge in [0.2, 0.25) is 11.8 Å². The van der Waals surface area contributed by atoms with Gasteiger partial charge in [0, 0.05) is 6.20 Å². The Kier molecular flexibility index (Phi) is 4.34. The van der Waals surface area contributed by atoms with Crippen molar-refractivity contribution in [2.24, 2.45) is 5.92 Å². The maximum absolute atomic E-state index is 12.3. The predicted octanol–water partition coefficient (Wildman–Crippen LogP) is 3.19. The second-order valence-electron chi connectivity index (χ2n) is 5.53. The monoisotopic (exact) mass is 332 g/mol. The molecule has 0 aliphatic carbocycles. The smallest absolute Gasteiger partial charge is 0.225 e. The van der Waals surface area contributed by atoms with Crippen LogP contribution in [0, 0.1) is 5.92 Å². The van der Waals surface area contributed by atoms with Crippen molar-refractivity contribution in [2.45, 2.75) is 26.4 Å². The number of hydrogen-bond donors (Lipinski definition) is 1. The van der Waals surface area contributed by atoms with Gasteiger partial charge in [0.15, 0.2) is 5.58 Å². The highest BCUT2D eigenvalue weighted by molar-refractivity contribution is 6.30. The summed E-state index contributed by atoms with van der Waals surface area (Å²) in [4.78, 5) is 16.7. The summed E-state index contributed by atoms with van der Waals surface area (Å²) >= 11 is 5.82. The summed E-state index contributed by atoms with van der Waals surface area (Å²) in [5.41, 5.74) is 1.49. The molecule has 23 heavy (non-hydrogen) atoms. The highest BCUT2D eigenvalue weighted by Crippen LogP contribution is 2.20. The molecule has 3 aromatic rings. The summed E-state index contributed by atoms with van der Waals surface area (Å²) in [6.07, 6.45) is 3.24. The zero-order valence-corrected chi connectivity index (χ0v) is 13.6. The van der Waals surface area contributed by atoms with Crippen molar-refractivity contribution < 1.29 is 9.21 Å². The fourth-order valence-corrected chi connectivity index (χ4v) is 2.45. The molecule has 7 heteroatoms. The lowest BCUT2D eigenvalue weighted by Crippen LogP contribution is -2.33. The van der Waals surface area contributed by atoms with Gasteiger partial charge in [-0.15, -0.1) is 0 Å². The van der Waals surface area contributed by atoms with Crippen LogP contribution in [-0.2, 0) is 11.3 Å². The number of nitrogens with zero attached hydrogens (tertiary/aromatic N) is 3. The number of fused-ring (bicyclic) bond motifs is 1. The topological polar surface area (TPSA) is 73.0 Å². The molecular formula is C16H17ClN4O2. The molecule has 2 heterocycles. The lowest BCUT2D eigenvalue weighted by Gasteiger charge is -2.15. The number of carbonyl (C=O) groups excluding carboxylic acids is 1. The molecule has 1 aromatic carbocycles. The lowest BCUT2D eigenvalue weighted by molar-refractivity contribution is -0.125. The zero-order chi connectivity index (χ0) is 16.4. The molecule has 2 aromatic heterocycles. The third-order valence-corrected chi connectivity index (χ3v) is 3.75. The molecule has 6 nitrogen and oxygen atoms in total. The lowest BCUT2D eigenvalue weighted by atomic mass is 10.1. The summed E-state index contributed by atoms with van der Waals surface area (Å²) in [5.74, 6) is 0.151. The Morgan fingerprint density at radius 2 is 2.17 bits per heavy atom. The van der Waals surface area contributed by atoms with Gasteiger partial charge < -0.3 is 9.73 Å². The van der Waals surface area contributed by atoms with E-state index in [2.05, 4.69) is 15.4 Å². The van der Waals surface area contributed by atoms with Crippen LogP contribution in [0.5, 0.6) is 0 Å². The van der Waals surface area contributed by atoms with Crippen LogP contribution in [0.15, 0.2) is 41.1 Å². The molecule has 1 amide bonds. The number of para-hydroxylation sites is 2. The molecule has 0 spiro atoms. The molecule has 120 valence electrons. The normalized spacial score (nSPS) is 13.9. The molecule has 2 atom stereocenters. The van der Waals surface area contributed by atoms with E-state index in [-0.39, 0.29) is 17.9 Å². The molecule has 0 saturated heterocycles. The highest BCUT2D eigenvalue weighted by atomic mass is 35.5. The summed E-state index contributed by atoms with van der Waals surface area (Å²) in [6, 6.07) is 7.21. The number of halogens is 1. The second-order valence-corrected chi connectivity index (χ2v) is 5.97. The van der Waals surface area contributed by atoms with Crippen molar-refractivity contribution in [3.8, 4) is 0 Å². The highest BCUT2D eigenvalue weighted by Gasteiger charge is 2.20. The largest absolute Gasteiger partial charge is 0.438 e. The molecule has 0 aliphatic rings. The van der Waals surface area contributed by atoms with E-state index in [0.29, 0.717) is 23.0 Å². The first-order valence-electron chi connectivity index (χ1n) is 7.36. The third kappa shape index (κ3) is 3.53.